The molecule has 27 heavy (non-hydrogen) atoms. The minimum Gasteiger partial charge on any atom is -0.465 e. The van der Waals surface area contributed by atoms with E-state index in [0.29, 0.717) is 11.1 Å². The molecule has 0 radical (unpaired) electrons. The van der Waals surface area contributed by atoms with Gasteiger partial charge in [-0.05, 0) is 52.4 Å². The molecule has 1 N–H and O–H groups in total. The van der Waals surface area contributed by atoms with Crippen molar-refractivity contribution in [3.63, 3.8) is 0 Å². The SMILES string of the molecule is C#Cc1cccc(C(=O)OC)c1-c1ccc2cc[nH]c2c1.c1cc2cc-2c1. The van der Waals surface area contributed by atoms with Crippen molar-refractivity contribution < 1.29 is 9.53 Å². The molecule has 0 atom stereocenters. The molecule has 0 saturated carbocycles. The van der Waals surface area contributed by atoms with Crippen LogP contribution in [0.4, 0.5) is 0 Å². The largest absolute Gasteiger partial charge is 0.465 e. The lowest BCUT2D eigenvalue weighted by Gasteiger charge is -2.11. The maximum Gasteiger partial charge on any atom is 0.338 e. The number of fused-ring (bicyclic) bond motifs is 2. The van der Waals surface area contributed by atoms with Crippen LogP contribution in [-0.4, -0.2) is 18.1 Å². The number of rotatable bonds is 2. The highest BCUT2D eigenvalue weighted by Gasteiger charge is 2.16. The van der Waals surface area contributed by atoms with E-state index in [4.69, 9.17) is 11.2 Å². The summed E-state index contributed by atoms with van der Waals surface area (Å²) in [7, 11) is 1.36. The number of nitrogens with one attached hydrogen (secondary N) is 1. The van der Waals surface area contributed by atoms with Gasteiger partial charge in [0, 0.05) is 22.8 Å². The minimum absolute atomic E-state index is 0.395. The molecule has 0 fully saturated rings. The number of hydrogen-bond acceptors (Lipinski definition) is 2. The fourth-order valence-corrected chi connectivity index (χ4v) is 3.14. The molecule has 0 spiro atoms. The highest BCUT2D eigenvalue weighted by Crippen LogP contribution is 2.32. The molecule has 130 valence electrons. The smallest absolute Gasteiger partial charge is 0.338 e. The van der Waals surface area contributed by atoms with Crippen LogP contribution in [0.5, 0.6) is 0 Å². The van der Waals surface area contributed by atoms with Crippen LogP contribution >= 0.6 is 0 Å². The van der Waals surface area contributed by atoms with Crippen molar-refractivity contribution >= 4 is 16.9 Å². The number of esters is 1. The molecule has 3 aromatic rings. The van der Waals surface area contributed by atoms with Crippen LogP contribution in [-0.2, 0) is 4.74 Å². The standard InChI is InChI=1S/C18H13NO2.C6H4/c1-3-12-5-4-6-15(18(20)21-2)17(12)14-8-7-13-9-10-19-16(13)11-14;1-2-5-4-6(5)3-1/h1,4-11,19H,2H3;1-4H. The quantitative estimate of drug-likeness (QED) is 0.348. The maximum absolute atomic E-state index is 12.0. The van der Waals surface area contributed by atoms with Crippen molar-refractivity contribution in [1.29, 1.82) is 0 Å². The Morgan fingerprint density at radius 3 is 2.37 bits per heavy atom. The van der Waals surface area contributed by atoms with Crippen molar-refractivity contribution in [1.82, 2.24) is 4.98 Å². The fourth-order valence-electron chi connectivity index (χ4n) is 3.14. The van der Waals surface area contributed by atoms with Crippen molar-refractivity contribution in [3.8, 4) is 34.6 Å². The molecule has 1 heterocycles. The molecule has 5 rings (SSSR count). The molecule has 1 aromatic heterocycles. The zero-order chi connectivity index (χ0) is 18.8. The van der Waals surface area contributed by atoms with Crippen molar-refractivity contribution in [3.05, 3.63) is 84.1 Å². The Bertz CT molecular complexity index is 1180. The second kappa shape index (κ2) is 6.86. The summed E-state index contributed by atoms with van der Waals surface area (Å²) in [5.41, 5.74) is 6.60. The molecular weight excluding hydrogens is 334 g/mol. The average Bonchev–Trinajstić information content (AvgIpc) is 3.10. The maximum atomic E-state index is 12.0. The van der Waals surface area contributed by atoms with Gasteiger partial charge in [-0.15, -0.1) is 6.42 Å². The molecule has 3 nitrogen and oxygen atoms in total. The first-order valence-corrected chi connectivity index (χ1v) is 8.57. The highest BCUT2D eigenvalue weighted by atomic mass is 16.5. The Kier molecular flexibility index (Phi) is 4.24. The van der Waals surface area contributed by atoms with Gasteiger partial charge in [0.1, 0.15) is 0 Å². The topological polar surface area (TPSA) is 42.1 Å². The predicted octanol–water partition coefficient (Wildman–Crippen LogP) is 5.27. The van der Waals surface area contributed by atoms with E-state index in [2.05, 4.69) is 35.2 Å². The number of terminal acetylenes is 1. The third kappa shape index (κ3) is 3.21. The fraction of sp³-hybridized carbons (Fsp3) is 0.0417. The molecule has 3 heteroatoms. The summed E-state index contributed by atoms with van der Waals surface area (Å²) in [6.07, 6.45) is 7.46. The van der Waals surface area contributed by atoms with Gasteiger partial charge in [0.15, 0.2) is 0 Å². The molecule has 0 aliphatic heterocycles. The van der Waals surface area contributed by atoms with Crippen LogP contribution in [0, 0.1) is 12.3 Å². The third-order valence-electron chi connectivity index (χ3n) is 4.58. The first-order valence-electron chi connectivity index (χ1n) is 8.57. The van der Waals surface area contributed by atoms with Gasteiger partial charge < -0.3 is 9.72 Å². The van der Waals surface area contributed by atoms with Gasteiger partial charge in [-0.2, -0.15) is 0 Å². The Balaban J connectivity index is 0.000000250. The zero-order valence-electron chi connectivity index (χ0n) is 14.8. The number of ether oxygens (including phenoxy) is 1. The van der Waals surface area contributed by atoms with Gasteiger partial charge in [0.25, 0.3) is 0 Å². The molecule has 0 bridgehead atoms. The van der Waals surface area contributed by atoms with E-state index in [-0.39, 0.29) is 0 Å². The summed E-state index contributed by atoms with van der Waals surface area (Å²) in [4.78, 5) is 15.2. The Morgan fingerprint density at radius 2 is 1.74 bits per heavy atom. The van der Waals surface area contributed by atoms with Crippen LogP contribution in [0.1, 0.15) is 15.9 Å². The second-order valence-corrected chi connectivity index (χ2v) is 6.22. The van der Waals surface area contributed by atoms with E-state index in [1.165, 1.54) is 18.2 Å². The lowest BCUT2D eigenvalue weighted by molar-refractivity contribution is 0.0601. The van der Waals surface area contributed by atoms with Gasteiger partial charge in [0.2, 0.25) is 0 Å². The van der Waals surface area contributed by atoms with Crippen LogP contribution in [0.15, 0.2) is 72.9 Å². The predicted molar refractivity (Wildman–Crippen MR) is 108 cm³/mol. The number of benzene rings is 3. The lowest BCUT2D eigenvalue weighted by Crippen LogP contribution is -2.05. The number of aromatic nitrogens is 1. The van der Waals surface area contributed by atoms with Crippen molar-refractivity contribution in [2.24, 2.45) is 0 Å². The summed E-state index contributed by atoms with van der Waals surface area (Å²) in [5, 5.41) is 1.11. The van der Waals surface area contributed by atoms with E-state index in [1.54, 1.807) is 12.1 Å². The number of carbonyl (C=O) groups is 1. The molecule has 2 aliphatic carbocycles. The Labute approximate surface area is 157 Å². The third-order valence-corrected chi connectivity index (χ3v) is 4.58. The van der Waals surface area contributed by atoms with E-state index < -0.39 is 5.97 Å². The number of hydrogen-bond donors (Lipinski definition) is 1. The van der Waals surface area contributed by atoms with E-state index >= 15 is 0 Å². The second-order valence-electron chi connectivity index (χ2n) is 6.22. The average molecular weight is 351 g/mol. The first kappa shape index (κ1) is 16.7. The summed E-state index contributed by atoms with van der Waals surface area (Å²) in [6.45, 7) is 0. The summed E-state index contributed by atoms with van der Waals surface area (Å²) >= 11 is 0. The van der Waals surface area contributed by atoms with Crippen molar-refractivity contribution in [2.45, 2.75) is 0 Å². The van der Waals surface area contributed by atoms with Crippen LogP contribution < -0.4 is 0 Å². The Hall–Kier alpha value is -3.77. The lowest BCUT2D eigenvalue weighted by atomic mass is 9.94. The van der Waals surface area contributed by atoms with Crippen LogP contribution in [0.2, 0.25) is 0 Å². The number of methoxy groups -OCH3 is 1. The van der Waals surface area contributed by atoms with Gasteiger partial charge in [-0.3, -0.25) is 0 Å². The summed E-state index contributed by atoms with van der Waals surface area (Å²) < 4.78 is 4.86. The van der Waals surface area contributed by atoms with Crippen molar-refractivity contribution in [2.75, 3.05) is 7.11 Å². The van der Waals surface area contributed by atoms with Crippen LogP contribution in [0.25, 0.3) is 33.2 Å². The first-order chi connectivity index (χ1) is 13.2. The Morgan fingerprint density at radius 1 is 0.963 bits per heavy atom. The molecule has 2 aromatic carbocycles. The monoisotopic (exact) mass is 351 g/mol. The minimum atomic E-state index is -0.395. The molecule has 2 aliphatic rings. The number of carbonyl (C=O) groups excluding carboxylic acids is 1. The van der Waals surface area contributed by atoms with Gasteiger partial charge in [-0.1, -0.05) is 42.3 Å². The summed E-state index contributed by atoms with van der Waals surface area (Å²) in [6, 6.07) is 21.7. The highest BCUT2D eigenvalue weighted by molar-refractivity contribution is 6.00. The van der Waals surface area contributed by atoms with E-state index in [9.17, 15) is 4.79 Å². The normalized spacial score (nSPS) is 10.5. The van der Waals surface area contributed by atoms with E-state index in [1.807, 2.05) is 36.5 Å². The molecule has 0 unspecified atom stereocenters. The van der Waals surface area contributed by atoms with Gasteiger partial charge in [0.05, 0.1) is 12.7 Å². The van der Waals surface area contributed by atoms with Gasteiger partial charge in [-0.25, -0.2) is 4.79 Å². The van der Waals surface area contributed by atoms with Crippen LogP contribution in [0.3, 0.4) is 0 Å². The zero-order valence-corrected chi connectivity index (χ0v) is 14.8. The van der Waals surface area contributed by atoms with E-state index in [0.717, 1.165) is 22.0 Å². The molecule has 0 amide bonds. The molecule has 0 saturated heterocycles. The number of aromatic amines is 1. The number of H-pyrrole nitrogens is 1. The molecular formula is C24H17NO2. The van der Waals surface area contributed by atoms with Gasteiger partial charge >= 0.3 is 5.97 Å². The summed E-state index contributed by atoms with van der Waals surface area (Å²) in [5.74, 6) is 2.24.